The molecule has 1 amide bonds. The van der Waals surface area contributed by atoms with Gasteiger partial charge >= 0.3 is 5.97 Å². The van der Waals surface area contributed by atoms with E-state index in [1.807, 2.05) is 0 Å². The fraction of sp³-hybridized carbons (Fsp3) is 0.105. The number of amides is 1. The molecule has 27 heavy (non-hydrogen) atoms. The van der Waals surface area contributed by atoms with Gasteiger partial charge in [-0.05, 0) is 48.0 Å². The van der Waals surface area contributed by atoms with E-state index in [4.69, 9.17) is 12.2 Å². The van der Waals surface area contributed by atoms with E-state index in [0.717, 1.165) is 5.56 Å². The highest BCUT2D eigenvalue weighted by Crippen LogP contribution is 2.32. The Morgan fingerprint density at radius 1 is 1.22 bits per heavy atom. The zero-order valence-corrected chi connectivity index (χ0v) is 15.9. The minimum absolute atomic E-state index is 0.189. The number of benzene rings is 2. The van der Waals surface area contributed by atoms with E-state index in [0.29, 0.717) is 20.5 Å². The first-order valence-corrected chi connectivity index (χ1v) is 9.13. The smallest absolute Gasteiger partial charge is 0.337 e. The number of methoxy groups -OCH3 is 1. The van der Waals surface area contributed by atoms with Crippen LogP contribution in [0.5, 0.6) is 0 Å². The molecular formula is C19H15FN2O3S2. The number of hydrogen-bond donors (Lipinski definition) is 1. The van der Waals surface area contributed by atoms with Gasteiger partial charge in [0.15, 0.2) is 0 Å². The monoisotopic (exact) mass is 402 g/mol. The van der Waals surface area contributed by atoms with Crippen molar-refractivity contribution in [1.82, 2.24) is 4.90 Å². The predicted octanol–water partition coefficient (Wildman–Crippen LogP) is 3.88. The standard InChI is InChI=1S/C19H15FN2O3S2/c1-25-18(24)13-4-2-12(3-5-13)10-16-17(23)22(19(26)27-16)11-21-15-8-6-14(20)7-9-15/h2-10,21H,11H2,1H3/b16-10+. The molecule has 0 aliphatic carbocycles. The van der Waals surface area contributed by atoms with Crippen LogP contribution < -0.4 is 5.32 Å². The third-order valence-corrected chi connectivity index (χ3v) is 5.17. The molecule has 1 aliphatic rings. The number of anilines is 1. The van der Waals surface area contributed by atoms with Crippen LogP contribution >= 0.6 is 24.0 Å². The molecule has 0 saturated carbocycles. The lowest BCUT2D eigenvalue weighted by Gasteiger charge is -2.16. The molecule has 5 nitrogen and oxygen atoms in total. The highest BCUT2D eigenvalue weighted by molar-refractivity contribution is 8.26. The Morgan fingerprint density at radius 3 is 2.52 bits per heavy atom. The normalized spacial score (nSPS) is 15.3. The Bertz CT molecular complexity index is 912. The van der Waals surface area contributed by atoms with Gasteiger partial charge in [-0.25, -0.2) is 9.18 Å². The molecule has 2 aromatic rings. The Hall–Kier alpha value is -2.71. The fourth-order valence-electron chi connectivity index (χ4n) is 2.36. The summed E-state index contributed by atoms with van der Waals surface area (Å²) in [6.07, 6.45) is 1.72. The molecule has 0 spiro atoms. The maximum Gasteiger partial charge on any atom is 0.337 e. The number of rotatable bonds is 5. The zero-order valence-electron chi connectivity index (χ0n) is 14.3. The van der Waals surface area contributed by atoms with E-state index in [9.17, 15) is 14.0 Å². The zero-order chi connectivity index (χ0) is 19.4. The first-order valence-electron chi connectivity index (χ1n) is 7.91. The van der Waals surface area contributed by atoms with Crippen LogP contribution in [-0.4, -0.2) is 34.9 Å². The molecule has 138 valence electrons. The summed E-state index contributed by atoms with van der Waals surface area (Å²) in [6.45, 7) is 0.189. The van der Waals surface area contributed by atoms with Crippen molar-refractivity contribution < 1.29 is 18.7 Å². The second-order valence-corrected chi connectivity index (χ2v) is 7.24. The molecule has 3 rings (SSSR count). The van der Waals surface area contributed by atoms with E-state index in [2.05, 4.69) is 10.1 Å². The summed E-state index contributed by atoms with van der Waals surface area (Å²) >= 11 is 6.49. The summed E-state index contributed by atoms with van der Waals surface area (Å²) < 4.78 is 18.0. The van der Waals surface area contributed by atoms with Gasteiger partial charge in [-0.15, -0.1) is 0 Å². The van der Waals surface area contributed by atoms with E-state index >= 15 is 0 Å². The van der Waals surface area contributed by atoms with Gasteiger partial charge in [-0.2, -0.15) is 0 Å². The topological polar surface area (TPSA) is 58.6 Å². The van der Waals surface area contributed by atoms with E-state index in [1.165, 1.54) is 35.9 Å². The van der Waals surface area contributed by atoms with Gasteiger partial charge in [0.2, 0.25) is 0 Å². The van der Waals surface area contributed by atoms with Gasteiger partial charge in [-0.1, -0.05) is 36.1 Å². The van der Waals surface area contributed by atoms with Crippen molar-refractivity contribution in [3.8, 4) is 0 Å². The number of hydrogen-bond acceptors (Lipinski definition) is 6. The molecule has 1 saturated heterocycles. The van der Waals surface area contributed by atoms with Crippen LogP contribution in [0.2, 0.25) is 0 Å². The number of esters is 1. The molecule has 0 bridgehead atoms. The van der Waals surface area contributed by atoms with Crippen molar-refractivity contribution >= 4 is 51.9 Å². The van der Waals surface area contributed by atoms with Crippen LogP contribution in [0.25, 0.3) is 6.08 Å². The molecule has 0 unspecified atom stereocenters. The average molecular weight is 402 g/mol. The maximum atomic E-state index is 13.0. The van der Waals surface area contributed by atoms with Gasteiger partial charge in [0, 0.05) is 5.69 Å². The number of thioether (sulfide) groups is 1. The molecule has 0 atom stereocenters. The molecule has 1 aliphatic heterocycles. The third kappa shape index (κ3) is 4.53. The number of nitrogens with zero attached hydrogens (tertiary/aromatic N) is 1. The number of carbonyl (C=O) groups is 2. The van der Waals surface area contributed by atoms with Crippen LogP contribution in [0, 0.1) is 5.82 Å². The summed E-state index contributed by atoms with van der Waals surface area (Å²) in [4.78, 5) is 26.0. The van der Waals surface area contributed by atoms with Gasteiger partial charge in [0.1, 0.15) is 10.1 Å². The van der Waals surface area contributed by atoms with Crippen molar-refractivity contribution in [2.45, 2.75) is 0 Å². The number of ether oxygens (including phenoxy) is 1. The lowest BCUT2D eigenvalue weighted by atomic mass is 10.1. The summed E-state index contributed by atoms with van der Waals surface area (Å²) in [5, 5.41) is 3.04. The quantitative estimate of drug-likeness (QED) is 0.465. The Kier molecular flexibility index (Phi) is 5.88. The molecule has 1 heterocycles. The van der Waals surface area contributed by atoms with Crippen LogP contribution in [0.3, 0.4) is 0 Å². The van der Waals surface area contributed by atoms with E-state index < -0.39 is 5.97 Å². The fourth-order valence-corrected chi connectivity index (χ4v) is 3.61. The highest BCUT2D eigenvalue weighted by Gasteiger charge is 2.31. The number of carbonyl (C=O) groups excluding carboxylic acids is 2. The molecule has 0 aromatic heterocycles. The second kappa shape index (κ2) is 8.32. The largest absolute Gasteiger partial charge is 0.465 e. The first kappa shape index (κ1) is 19.1. The highest BCUT2D eigenvalue weighted by atomic mass is 32.2. The summed E-state index contributed by atoms with van der Waals surface area (Å²) in [6, 6.07) is 12.6. The van der Waals surface area contributed by atoms with E-state index in [-0.39, 0.29) is 18.4 Å². The molecule has 1 fully saturated rings. The van der Waals surface area contributed by atoms with Crippen LogP contribution in [0.15, 0.2) is 53.4 Å². The number of halogens is 1. The SMILES string of the molecule is COC(=O)c1ccc(/C=C2/SC(=S)N(CNc3ccc(F)cc3)C2=O)cc1. The minimum Gasteiger partial charge on any atom is -0.465 e. The summed E-state index contributed by atoms with van der Waals surface area (Å²) in [7, 11) is 1.32. The minimum atomic E-state index is -0.417. The lowest BCUT2D eigenvalue weighted by molar-refractivity contribution is -0.121. The van der Waals surface area contributed by atoms with Crippen molar-refractivity contribution in [2.24, 2.45) is 0 Å². The molecule has 2 aromatic carbocycles. The van der Waals surface area contributed by atoms with Gasteiger partial charge in [0.25, 0.3) is 5.91 Å². The van der Waals surface area contributed by atoms with Gasteiger partial charge in [-0.3, -0.25) is 9.69 Å². The van der Waals surface area contributed by atoms with Gasteiger partial charge in [0.05, 0.1) is 24.2 Å². The molecule has 1 N–H and O–H groups in total. The summed E-state index contributed by atoms with van der Waals surface area (Å²) in [5.74, 6) is -0.955. The number of nitrogens with one attached hydrogen (secondary N) is 1. The van der Waals surface area contributed by atoms with Crippen molar-refractivity contribution in [3.63, 3.8) is 0 Å². The van der Waals surface area contributed by atoms with Crippen molar-refractivity contribution in [3.05, 3.63) is 70.4 Å². The predicted molar refractivity (Wildman–Crippen MR) is 108 cm³/mol. The second-order valence-electron chi connectivity index (χ2n) is 5.57. The average Bonchev–Trinajstić information content (AvgIpc) is 2.94. The Morgan fingerprint density at radius 2 is 1.89 bits per heavy atom. The summed E-state index contributed by atoms with van der Waals surface area (Å²) in [5.41, 5.74) is 1.90. The Labute approximate surface area is 165 Å². The third-order valence-electron chi connectivity index (χ3n) is 3.79. The first-order chi connectivity index (χ1) is 13.0. The molecule has 0 radical (unpaired) electrons. The van der Waals surface area contributed by atoms with Crippen molar-refractivity contribution in [2.75, 3.05) is 19.1 Å². The van der Waals surface area contributed by atoms with E-state index in [1.54, 1.807) is 42.5 Å². The Balaban J connectivity index is 1.68. The molecular weight excluding hydrogens is 387 g/mol. The van der Waals surface area contributed by atoms with Gasteiger partial charge < -0.3 is 10.1 Å². The number of thiocarbonyl (C=S) groups is 1. The van der Waals surface area contributed by atoms with Crippen LogP contribution in [0.1, 0.15) is 15.9 Å². The molecule has 8 heteroatoms. The van der Waals surface area contributed by atoms with Crippen LogP contribution in [0.4, 0.5) is 10.1 Å². The van der Waals surface area contributed by atoms with Crippen LogP contribution in [-0.2, 0) is 9.53 Å². The maximum absolute atomic E-state index is 13.0. The van der Waals surface area contributed by atoms with Crippen molar-refractivity contribution in [1.29, 1.82) is 0 Å². The lowest BCUT2D eigenvalue weighted by Crippen LogP contribution is -2.33.